The van der Waals surface area contributed by atoms with E-state index in [1.54, 1.807) is 24.3 Å². The molecule has 0 aliphatic heterocycles. The molecule has 4 rings (SSSR count). The van der Waals surface area contributed by atoms with Crippen LogP contribution in [0.3, 0.4) is 0 Å². The van der Waals surface area contributed by atoms with E-state index in [4.69, 9.17) is 18.7 Å². The van der Waals surface area contributed by atoms with Crippen LogP contribution in [-0.4, -0.2) is 33.8 Å². The van der Waals surface area contributed by atoms with Crippen molar-refractivity contribution in [3.8, 4) is 28.9 Å². The maximum atomic E-state index is 14.5. The van der Waals surface area contributed by atoms with Gasteiger partial charge in [-0.15, -0.1) is 10.2 Å². The summed E-state index contributed by atoms with van der Waals surface area (Å²) in [5.74, 6) is -1.82. The summed E-state index contributed by atoms with van der Waals surface area (Å²) in [6.45, 7) is 1.28. The van der Waals surface area contributed by atoms with Crippen molar-refractivity contribution in [2.24, 2.45) is 0 Å². The molecule has 2 N–H and O–H groups in total. The maximum absolute atomic E-state index is 14.5. The highest BCUT2D eigenvalue weighted by Gasteiger charge is 2.18. The Kier molecular flexibility index (Phi) is 6.16. The molecule has 4 aromatic rings. The number of hydrogen-bond donors (Lipinski definition) is 2. The van der Waals surface area contributed by atoms with E-state index in [1.165, 1.54) is 24.5 Å². The number of carboxylic acids is 1. The van der Waals surface area contributed by atoms with Crippen LogP contribution in [0.15, 0.2) is 63.6 Å². The highest BCUT2D eigenvalue weighted by molar-refractivity contribution is 6.06. The minimum Gasteiger partial charge on any atom is -0.481 e. The number of aryl methyl sites for hydroxylation is 1. The summed E-state index contributed by atoms with van der Waals surface area (Å²) in [4.78, 5) is 23.8. The van der Waals surface area contributed by atoms with Crippen LogP contribution in [0.5, 0.6) is 5.75 Å². The first kappa shape index (κ1) is 21.8. The molecule has 0 spiro atoms. The van der Waals surface area contributed by atoms with Crippen molar-refractivity contribution in [3.63, 3.8) is 0 Å². The predicted octanol–water partition coefficient (Wildman–Crippen LogP) is 4.41. The van der Waals surface area contributed by atoms with Crippen molar-refractivity contribution in [1.29, 1.82) is 0 Å². The van der Waals surface area contributed by atoms with Gasteiger partial charge in [-0.2, -0.15) is 0 Å². The molecule has 2 aromatic heterocycles. The first-order valence-electron chi connectivity index (χ1n) is 9.90. The minimum absolute atomic E-state index is 0.0728. The van der Waals surface area contributed by atoms with Gasteiger partial charge in [-0.1, -0.05) is 13.0 Å². The van der Waals surface area contributed by atoms with E-state index in [1.807, 2.05) is 6.92 Å². The number of carboxylic acid groups (broad SMARTS) is 1. The van der Waals surface area contributed by atoms with Crippen LogP contribution in [0.4, 0.5) is 10.1 Å². The lowest BCUT2D eigenvalue weighted by atomic mass is 10.1. The van der Waals surface area contributed by atoms with E-state index < -0.39 is 24.3 Å². The molecule has 2 aromatic carbocycles. The number of benzene rings is 2. The molecule has 0 atom stereocenters. The normalized spacial score (nSPS) is 10.7. The second-order valence-electron chi connectivity index (χ2n) is 6.90. The SMILES string of the molecule is CCc1ccc(OCC(=O)O)c(C(=O)Nc2cc(-c3nnc(-c4ccco4)o3)ccc2F)c1. The van der Waals surface area contributed by atoms with E-state index in [9.17, 15) is 14.0 Å². The number of anilines is 1. The quantitative estimate of drug-likeness (QED) is 0.403. The molecule has 2 heterocycles. The Morgan fingerprint density at radius 2 is 1.94 bits per heavy atom. The van der Waals surface area contributed by atoms with Gasteiger partial charge in [0.1, 0.15) is 11.6 Å². The van der Waals surface area contributed by atoms with Crippen LogP contribution in [-0.2, 0) is 11.2 Å². The van der Waals surface area contributed by atoms with Gasteiger partial charge in [0.2, 0.25) is 5.89 Å². The van der Waals surface area contributed by atoms with E-state index in [0.717, 1.165) is 11.6 Å². The number of carbonyl (C=O) groups excluding carboxylic acids is 1. The van der Waals surface area contributed by atoms with Gasteiger partial charge in [0.05, 0.1) is 17.5 Å². The van der Waals surface area contributed by atoms with E-state index in [0.29, 0.717) is 17.7 Å². The molecule has 168 valence electrons. The van der Waals surface area contributed by atoms with Gasteiger partial charge in [-0.05, 0) is 54.4 Å². The molecule has 0 bridgehead atoms. The third kappa shape index (κ3) is 4.90. The number of rotatable bonds is 8. The van der Waals surface area contributed by atoms with Gasteiger partial charge in [0.25, 0.3) is 11.8 Å². The summed E-state index contributed by atoms with van der Waals surface area (Å²) in [6.07, 6.45) is 2.10. The zero-order valence-electron chi connectivity index (χ0n) is 17.4. The van der Waals surface area contributed by atoms with Crippen LogP contribution in [0.2, 0.25) is 0 Å². The Bertz CT molecular complexity index is 1300. The van der Waals surface area contributed by atoms with Crippen LogP contribution in [0.1, 0.15) is 22.8 Å². The van der Waals surface area contributed by atoms with Crippen molar-refractivity contribution >= 4 is 17.6 Å². The van der Waals surface area contributed by atoms with Gasteiger partial charge < -0.3 is 24.0 Å². The fraction of sp³-hybridized carbons (Fsp3) is 0.130. The topological polar surface area (TPSA) is 128 Å². The van der Waals surface area contributed by atoms with Crippen molar-refractivity contribution < 1.29 is 32.7 Å². The summed E-state index contributed by atoms with van der Waals surface area (Å²) in [5, 5.41) is 19.2. The highest BCUT2D eigenvalue weighted by atomic mass is 19.1. The molecule has 10 heteroatoms. The first-order chi connectivity index (χ1) is 15.9. The van der Waals surface area contributed by atoms with Gasteiger partial charge >= 0.3 is 5.97 Å². The fourth-order valence-electron chi connectivity index (χ4n) is 3.02. The fourth-order valence-corrected chi connectivity index (χ4v) is 3.02. The van der Waals surface area contributed by atoms with Crippen molar-refractivity contribution in [2.75, 3.05) is 11.9 Å². The average molecular weight is 451 g/mol. The Hall–Kier alpha value is -4.47. The number of furan rings is 1. The summed E-state index contributed by atoms with van der Waals surface area (Å²) in [5.41, 5.74) is 1.16. The van der Waals surface area contributed by atoms with E-state index in [-0.39, 0.29) is 28.8 Å². The Balaban J connectivity index is 1.61. The predicted molar refractivity (Wildman–Crippen MR) is 114 cm³/mol. The second kappa shape index (κ2) is 9.35. The lowest BCUT2D eigenvalue weighted by molar-refractivity contribution is -0.139. The summed E-state index contributed by atoms with van der Waals surface area (Å²) < 4.78 is 30.5. The van der Waals surface area contributed by atoms with Crippen LogP contribution >= 0.6 is 0 Å². The van der Waals surface area contributed by atoms with Crippen molar-refractivity contribution in [2.45, 2.75) is 13.3 Å². The molecule has 0 unspecified atom stereocenters. The second-order valence-corrected chi connectivity index (χ2v) is 6.90. The number of ether oxygens (including phenoxy) is 1. The average Bonchev–Trinajstić information content (AvgIpc) is 3.51. The van der Waals surface area contributed by atoms with E-state index >= 15 is 0 Å². The smallest absolute Gasteiger partial charge is 0.341 e. The molecule has 0 saturated carbocycles. The molecule has 0 aliphatic carbocycles. The minimum atomic E-state index is -1.19. The van der Waals surface area contributed by atoms with Gasteiger partial charge in [-0.25, -0.2) is 9.18 Å². The highest BCUT2D eigenvalue weighted by Crippen LogP contribution is 2.28. The number of amides is 1. The molecular formula is C23H18FN3O6. The monoisotopic (exact) mass is 451 g/mol. The Morgan fingerprint density at radius 3 is 2.67 bits per heavy atom. The molecule has 0 aliphatic rings. The third-order valence-corrected chi connectivity index (χ3v) is 4.67. The standard InChI is InChI=1S/C23H18FN3O6/c1-2-13-5-8-18(32-12-20(28)29)15(10-13)21(30)25-17-11-14(6-7-16(17)24)22-26-27-23(33-22)19-4-3-9-31-19/h3-11H,2,12H2,1H3,(H,25,30)(H,28,29). The van der Waals surface area contributed by atoms with Crippen LogP contribution < -0.4 is 10.1 Å². The molecule has 1 amide bonds. The largest absolute Gasteiger partial charge is 0.481 e. The summed E-state index contributed by atoms with van der Waals surface area (Å²) >= 11 is 0. The number of halogens is 1. The number of nitrogens with one attached hydrogen (secondary N) is 1. The van der Waals surface area contributed by atoms with E-state index in [2.05, 4.69) is 15.5 Å². The van der Waals surface area contributed by atoms with Crippen molar-refractivity contribution in [3.05, 3.63) is 71.7 Å². The number of aromatic nitrogens is 2. The zero-order valence-corrected chi connectivity index (χ0v) is 17.4. The third-order valence-electron chi connectivity index (χ3n) is 4.67. The number of hydrogen-bond acceptors (Lipinski definition) is 7. The lowest BCUT2D eigenvalue weighted by Gasteiger charge is -2.13. The molecular weight excluding hydrogens is 433 g/mol. The Labute approximate surface area is 186 Å². The molecule has 9 nitrogen and oxygen atoms in total. The molecule has 0 radical (unpaired) electrons. The molecule has 0 saturated heterocycles. The lowest BCUT2D eigenvalue weighted by Crippen LogP contribution is -2.17. The molecule has 33 heavy (non-hydrogen) atoms. The van der Waals surface area contributed by atoms with Gasteiger partial charge in [-0.3, -0.25) is 4.79 Å². The maximum Gasteiger partial charge on any atom is 0.341 e. The first-order valence-corrected chi connectivity index (χ1v) is 9.90. The Morgan fingerprint density at radius 1 is 1.12 bits per heavy atom. The van der Waals surface area contributed by atoms with Gasteiger partial charge in [0.15, 0.2) is 12.4 Å². The van der Waals surface area contributed by atoms with Crippen LogP contribution in [0.25, 0.3) is 23.1 Å². The zero-order chi connectivity index (χ0) is 23.4. The summed E-state index contributed by atoms with van der Waals surface area (Å²) in [7, 11) is 0. The van der Waals surface area contributed by atoms with Crippen LogP contribution in [0, 0.1) is 5.82 Å². The van der Waals surface area contributed by atoms with Crippen molar-refractivity contribution in [1.82, 2.24) is 10.2 Å². The summed E-state index contributed by atoms with van der Waals surface area (Å²) in [6, 6.07) is 12.1. The number of nitrogens with zero attached hydrogens (tertiary/aromatic N) is 2. The number of carbonyl (C=O) groups is 2. The number of aliphatic carboxylic acids is 1. The van der Waals surface area contributed by atoms with Gasteiger partial charge in [0, 0.05) is 5.56 Å². The molecule has 0 fully saturated rings.